The van der Waals surface area contributed by atoms with E-state index in [-0.39, 0.29) is 0 Å². The second-order valence-corrected chi connectivity index (χ2v) is 12.6. The molecule has 0 bridgehead atoms. The molecule has 0 N–H and O–H groups in total. The summed E-state index contributed by atoms with van der Waals surface area (Å²) >= 11 is 0. The van der Waals surface area contributed by atoms with E-state index < -0.39 is 16.7 Å². The van der Waals surface area contributed by atoms with E-state index in [1.807, 2.05) is 48.9 Å². The first-order chi connectivity index (χ1) is 8.09. The molecule has 0 fully saturated rings. The summed E-state index contributed by atoms with van der Waals surface area (Å²) in [6, 6.07) is 20.4. The Labute approximate surface area is 105 Å². The Morgan fingerprint density at radius 2 is 1.12 bits per heavy atom. The van der Waals surface area contributed by atoms with Gasteiger partial charge in [-0.1, -0.05) is 70.2 Å². The van der Waals surface area contributed by atoms with E-state index in [2.05, 4.69) is 24.3 Å². The third-order valence-electron chi connectivity index (χ3n) is 2.48. The lowest BCUT2D eigenvalue weighted by molar-refractivity contribution is 0.687. The predicted octanol–water partition coefficient (Wildman–Crippen LogP) is 2.31. The van der Waals surface area contributed by atoms with Gasteiger partial charge < -0.3 is 0 Å². The lowest BCUT2D eigenvalue weighted by Gasteiger charge is -2.26. The summed E-state index contributed by atoms with van der Waals surface area (Å²) in [5.74, 6) is 0. The molecule has 0 unspecified atom stereocenters. The molecule has 2 rings (SSSR count). The SMILES string of the molecule is C[SH](C)(=O)P(c1ccccc1)c1ccccc1. The normalized spacial score (nSPS) is 12.6. The molecule has 2 aromatic rings. The quantitative estimate of drug-likeness (QED) is 0.665. The molecule has 1 nitrogen and oxygen atoms in total. The Hall–Kier alpha value is -0.980. The molecule has 0 saturated carbocycles. The van der Waals surface area contributed by atoms with Crippen LogP contribution in [0.4, 0.5) is 0 Å². The van der Waals surface area contributed by atoms with Crippen LogP contribution in [0.15, 0.2) is 60.7 Å². The van der Waals surface area contributed by atoms with E-state index in [4.69, 9.17) is 0 Å². The van der Waals surface area contributed by atoms with Crippen LogP contribution in [0, 0.1) is 0 Å². The Morgan fingerprint density at radius 1 is 0.765 bits per heavy atom. The third kappa shape index (κ3) is 3.02. The summed E-state index contributed by atoms with van der Waals surface area (Å²) < 4.78 is 12.5. The molecule has 0 aliphatic carbocycles. The maximum atomic E-state index is 12.5. The summed E-state index contributed by atoms with van der Waals surface area (Å²) in [6.45, 7) is 0. The van der Waals surface area contributed by atoms with Crippen LogP contribution in [0.2, 0.25) is 0 Å². The predicted molar refractivity (Wildman–Crippen MR) is 80.5 cm³/mol. The van der Waals surface area contributed by atoms with Gasteiger partial charge in [0.05, 0.1) is 0 Å². The van der Waals surface area contributed by atoms with Crippen LogP contribution < -0.4 is 10.6 Å². The van der Waals surface area contributed by atoms with Crippen molar-refractivity contribution in [1.82, 2.24) is 0 Å². The standard InChI is InChI=1S/C14H17OPS/c1-17(2,15)16(13-9-5-3-6-10-13)14-11-7-4-8-12-14/h3-12,17H,1-2H3. The Balaban J connectivity index is 2.52. The maximum Gasteiger partial charge on any atom is 0.0229 e. The van der Waals surface area contributed by atoms with Crippen LogP contribution in [0.3, 0.4) is 0 Å². The van der Waals surface area contributed by atoms with Gasteiger partial charge >= 0.3 is 0 Å². The summed E-state index contributed by atoms with van der Waals surface area (Å²) in [6.07, 6.45) is 3.78. The lowest BCUT2D eigenvalue weighted by Crippen LogP contribution is -2.21. The van der Waals surface area contributed by atoms with Crippen LogP contribution in [0.5, 0.6) is 0 Å². The molecule has 2 aromatic carbocycles. The zero-order chi connectivity index (χ0) is 12.3. The molecule has 90 valence electrons. The fraction of sp³-hybridized carbons (Fsp3) is 0.143. The van der Waals surface area contributed by atoms with E-state index >= 15 is 0 Å². The summed E-state index contributed by atoms with van der Waals surface area (Å²) in [4.78, 5) is 0. The first-order valence-electron chi connectivity index (χ1n) is 5.55. The second-order valence-electron chi connectivity index (χ2n) is 4.28. The average molecular weight is 264 g/mol. The zero-order valence-electron chi connectivity index (χ0n) is 10.1. The van der Waals surface area contributed by atoms with Crippen molar-refractivity contribution >= 4 is 27.3 Å². The molecule has 0 aromatic heterocycles. The van der Waals surface area contributed by atoms with Crippen molar-refractivity contribution < 1.29 is 4.21 Å². The van der Waals surface area contributed by atoms with Crippen LogP contribution in [-0.2, 0) is 9.55 Å². The third-order valence-corrected chi connectivity index (χ3v) is 9.30. The summed E-state index contributed by atoms with van der Waals surface area (Å²) in [5, 5.41) is 2.39. The Morgan fingerprint density at radius 3 is 1.41 bits per heavy atom. The lowest BCUT2D eigenvalue weighted by atomic mass is 10.4. The molecule has 0 atom stereocenters. The molecule has 0 saturated heterocycles. The highest BCUT2D eigenvalue weighted by molar-refractivity contribution is 8.60. The molecule has 0 spiro atoms. The van der Waals surface area contributed by atoms with Gasteiger partial charge in [-0.25, -0.2) is 0 Å². The fourth-order valence-corrected chi connectivity index (χ4v) is 8.30. The van der Waals surface area contributed by atoms with Gasteiger partial charge in [-0.2, -0.15) is 0 Å². The minimum absolute atomic E-state index is 0.736. The van der Waals surface area contributed by atoms with E-state index in [0.29, 0.717) is 0 Å². The van der Waals surface area contributed by atoms with Crippen molar-refractivity contribution in [1.29, 1.82) is 0 Å². The van der Waals surface area contributed by atoms with Crippen molar-refractivity contribution in [3.05, 3.63) is 60.7 Å². The Bertz CT molecular complexity index is 479. The molecule has 0 amide bonds. The fourth-order valence-electron chi connectivity index (χ4n) is 1.84. The van der Waals surface area contributed by atoms with Gasteiger partial charge in [-0.15, -0.1) is 0 Å². The molecule has 0 heterocycles. The molecule has 0 radical (unpaired) electrons. The molecule has 17 heavy (non-hydrogen) atoms. The minimum Gasteiger partial charge on any atom is -0.281 e. The molecular formula is C14H17OPS. The van der Waals surface area contributed by atoms with Crippen LogP contribution in [-0.4, -0.2) is 16.7 Å². The van der Waals surface area contributed by atoms with E-state index in [9.17, 15) is 4.21 Å². The van der Waals surface area contributed by atoms with Crippen molar-refractivity contribution in [3.63, 3.8) is 0 Å². The minimum atomic E-state index is -2.15. The van der Waals surface area contributed by atoms with E-state index in [1.165, 1.54) is 10.6 Å². The summed E-state index contributed by atoms with van der Waals surface area (Å²) in [7, 11) is -2.89. The Kier molecular flexibility index (Phi) is 3.76. The zero-order valence-corrected chi connectivity index (χ0v) is 11.9. The molecular weight excluding hydrogens is 247 g/mol. The molecule has 3 heteroatoms. The van der Waals surface area contributed by atoms with Gasteiger partial charge in [0.25, 0.3) is 0 Å². The number of hydrogen-bond acceptors (Lipinski definition) is 1. The van der Waals surface area contributed by atoms with Crippen molar-refractivity contribution in [2.45, 2.75) is 0 Å². The first kappa shape index (κ1) is 12.5. The van der Waals surface area contributed by atoms with Crippen LogP contribution in [0.25, 0.3) is 0 Å². The maximum absolute atomic E-state index is 12.5. The van der Waals surface area contributed by atoms with Crippen LogP contribution in [0.1, 0.15) is 0 Å². The van der Waals surface area contributed by atoms with Crippen molar-refractivity contribution in [2.75, 3.05) is 12.5 Å². The number of rotatable bonds is 3. The van der Waals surface area contributed by atoms with Gasteiger partial charge in [0, 0.05) is 7.12 Å². The van der Waals surface area contributed by atoms with Gasteiger partial charge in [0.2, 0.25) is 0 Å². The van der Waals surface area contributed by atoms with E-state index in [1.54, 1.807) is 0 Å². The smallest absolute Gasteiger partial charge is 0.0229 e. The largest absolute Gasteiger partial charge is 0.281 e. The average Bonchev–Trinajstić information content (AvgIpc) is 2.30. The number of benzene rings is 2. The monoisotopic (exact) mass is 264 g/mol. The summed E-state index contributed by atoms with van der Waals surface area (Å²) in [5.41, 5.74) is 0. The highest BCUT2D eigenvalue weighted by atomic mass is 32.8. The van der Waals surface area contributed by atoms with Crippen molar-refractivity contribution in [2.24, 2.45) is 0 Å². The number of thiol groups is 1. The van der Waals surface area contributed by atoms with Gasteiger partial charge in [-0.05, 0) is 23.1 Å². The number of hydrogen-bond donors (Lipinski definition) is 1. The highest BCUT2D eigenvalue weighted by Gasteiger charge is 2.21. The second kappa shape index (κ2) is 5.12. The van der Waals surface area contributed by atoms with E-state index in [0.717, 1.165) is 0 Å². The highest BCUT2D eigenvalue weighted by Crippen LogP contribution is 2.43. The van der Waals surface area contributed by atoms with Gasteiger partial charge in [-0.3, -0.25) is 4.21 Å². The molecule has 0 aliphatic rings. The topological polar surface area (TPSA) is 17.1 Å². The first-order valence-corrected chi connectivity index (χ1v) is 10.2. The van der Waals surface area contributed by atoms with Crippen LogP contribution >= 0.6 is 7.12 Å². The van der Waals surface area contributed by atoms with Gasteiger partial charge in [0.15, 0.2) is 0 Å². The van der Waals surface area contributed by atoms with Crippen molar-refractivity contribution in [3.8, 4) is 0 Å². The molecule has 0 aliphatic heterocycles. The van der Waals surface area contributed by atoms with Gasteiger partial charge in [0.1, 0.15) is 0 Å².